The van der Waals surface area contributed by atoms with Crippen LogP contribution in [0.1, 0.15) is 29.8 Å². The molecule has 0 unspecified atom stereocenters. The number of carbonyl (C=O) groups excluding carboxylic acids is 1. The number of aromatic nitrogens is 4. The molecule has 0 fully saturated rings. The Labute approximate surface area is 155 Å². The van der Waals surface area contributed by atoms with E-state index in [0.717, 1.165) is 4.68 Å². The monoisotopic (exact) mass is 401 g/mol. The second kappa shape index (κ2) is 7.47. The molecule has 3 aromatic rings. The largest absolute Gasteiger partial charge is 0.309 e. The van der Waals surface area contributed by atoms with Crippen LogP contribution in [0.25, 0.3) is 11.0 Å². The number of rotatable bonds is 5. The fourth-order valence-electron chi connectivity index (χ4n) is 2.57. The second-order valence-electron chi connectivity index (χ2n) is 5.59. The number of aryl methyl sites for hydroxylation is 1. The van der Waals surface area contributed by atoms with Crippen molar-refractivity contribution < 1.29 is 22.4 Å². The summed E-state index contributed by atoms with van der Waals surface area (Å²) < 4.78 is 53.7. The molecular weight excluding hydrogens is 390 g/mol. The van der Waals surface area contributed by atoms with Crippen LogP contribution >= 0.6 is 11.6 Å². The van der Waals surface area contributed by atoms with Gasteiger partial charge in [0.1, 0.15) is 18.1 Å². The standard InChI is InChI=1S/C16H12ClF4N5O/c1-7-13-9(14(18)19)4-10(15(20)21)23-16(13)26(25-7)6-12(27)24-11-3-2-8(17)5-22-11/h2-5,14-15H,6H2,1H3,(H,22,24,27). The summed E-state index contributed by atoms with van der Waals surface area (Å²) in [7, 11) is 0. The average molecular weight is 402 g/mol. The zero-order valence-corrected chi connectivity index (χ0v) is 14.5. The van der Waals surface area contributed by atoms with Crippen LogP contribution in [-0.4, -0.2) is 25.7 Å². The number of carbonyl (C=O) groups is 1. The van der Waals surface area contributed by atoms with Crippen molar-refractivity contribution >= 4 is 34.4 Å². The van der Waals surface area contributed by atoms with Gasteiger partial charge in [0, 0.05) is 11.8 Å². The molecule has 11 heteroatoms. The smallest absolute Gasteiger partial charge is 0.280 e. The Balaban J connectivity index is 1.96. The average Bonchev–Trinajstić information content (AvgIpc) is 2.91. The summed E-state index contributed by atoms with van der Waals surface area (Å²) in [6, 6.07) is 3.64. The fraction of sp³-hybridized carbons (Fsp3) is 0.250. The first kappa shape index (κ1) is 19.0. The SMILES string of the molecule is Cc1nn(CC(=O)Nc2ccc(Cl)cn2)c2nc(C(F)F)cc(C(F)F)c12. The Morgan fingerprint density at radius 1 is 1.26 bits per heavy atom. The minimum Gasteiger partial charge on any atom is -0.309 e. The van der Waals surface area contributed by atoms with Crippen LogP contribution < -0.4 is 5.32 Å². The van der Waals surface area contributed by atoms with Crippen molar-refractivity contribution in [2.24, 2.45) is 0 Å². The Kier molecular flexibility index (Phi) is 5.26. The highest BCUT2D eigenvalue weighted by Gasteiger charge is 2.24. The first-order chi connectivity index (χ1) is 12.8. The molecule has 3 rings (SSSR count). The highest BCUT2D eigenvalue weighted by molar-refractivity contribution is 6.30. The van der Waals surface area contributed by atoms with Crippen molar-refractivity contribution in [3.63, 3.8) is 0 Å². The molecule has 6 nitrogen and oxygen atoms in total. The van der Waals surface area contributed by atoms with E-state index in [1.165, 1.54) is 25.3 Å². The van der Waals surface area contributed by atoms with Gasteiger partial charge in [0.2, 0.25) is 5.91 Å². The van der Waals surface area contributed by atoms with E-state index in [9.17, 15) is 22.4 Å². The minimum atomic E-state index is -3.04. The van der Waals surface area contributed by atoms with Gasteiger partial charge in [0.05, 0.1) is 16.1 Å². The Morgan fingerprint density at radius 3 is 2.59 bits per heavy atom. The van der Waals surface area contributed by atoms with Gasteiger partial charge in [-0.3, -0.25) is 4.79 Å². The number of hydrogen-bond donors (Lipinski definition) is 1. The minimum absolute atomic E-state index is 0.0492. The Morgan fingerprint density at radius 2 is 2.00 bits per heavy atom. The van der Waals surface area contributed by atoms with Gasteiger partial charge in [-0.05, 0) is 25.1 Å². The predicted molar refractivity (Wildman–Crippen MR) is 90.1 cm³/mol. The van der Waals surface area contributed by atoms with Gasteiger partial charge in [0.15, 0.2) is 5.65 Å². The maximum absolute atomic E-state index is 13.3. The number of amides is 1. The molecule has 0 bridgehead atoms. The van der Waals surface area contributed by atoms with Crippen LogP contribution in [0.15, 0.2) is 24.4 Å². The quantitative estimate of drug-likeness (QED) is 0.647. The van der Waals surface area contributed by atoms with E-state index in [-0.39, 0.29) is 22.5 Å². The molecule has 0 saturated heterocycles. The van der Waals surface area contributed by atoms with Crippen molar-refractivity contribution in [2.75, 3.05) is 5.32 Å². The van der Waals surface area contributed by atoms with Crippen molar-refractivity contribution in [3.8, 4) is 0 Å². The first-order valence-electron chi connectivity index (χ1n) is 7.62. The summed E-state index contributed by atoms with van der Waals surface area (Å²) in [5.41, 5.74) is -1.46. The van der Waals surface area contributed by atoms with Gasteiger partial charge in [0.25, 0.3) is 12.9 Å². The maximum atomic E-state index is 13.3. The molecular formula is C16H12ClF4N5O. The summed E-state index contributed by atoms with van der Waals surface area (Å²) in [4.78, 5) is 19.8. The summed E-state index contributed by atoms with van der Waals surface area (Å²) >= 11 is 5.71. The number of hydrogen-bond acceptors (Lipinski definition) is 4. The normalized spacial score (nSPS) is 11.6. The second-order valence-corrected chi connectivity index (χ2v) is 6.03. The summed E-state index contributed by atoms with van der Waals surface area (Å²) in [6.45, 7) is 1.02. The molecule has 0 aliphatic rings. The molecule has 27 heavy (non-hydrogen) atoms. The molecule has 0 spiro atoms. The molecule has 0 saturated carbocycles. The van der Waals surface area contributed by atoms with Crippen LogP contribution in [0.2, 0.25) is 5.02 Å². The van der Waals surface area contributed by atoms with Gasteiger partial charge in [-0.15, -0.1) is 0 Å². The lowest BCUT2D eigenvalue weighted by Crippen LogP contribution is -2.20. The molecule has 0 radical (unpaired) electrons. The molecule has 0 aliphatic carbocycles. The number of anilines is 1. The molecule has 0 aromatic carbocycles. The van der Waals surface area contributed by atoms with E-state index in [1.54, 1.807) is 0 Å². The lowest BCUT2D eigenvalue weighted by atomic mass is 10.1. The van der Waals surface area contributed by atoms with Crippen molar-refractivity contribution in [1.29, 1.82) is 0 Å². The third-order valence-corrected chi connectivity index (χ3v) is 3.90. The lowest BCUT2D eigenvalue weighted by molar-refractivity contribution is -0.116. The van der Waals surface area contributed by atoms with Gasteiger partial charge < -0.3 is 5.32 Å². The van der Waals surface area contributed by atoms with Crippen LogP contribution in [-0.2, 0) is 11.3 Å². The number of pyridine rings is 2. The van der Waals surface area contributed by atoms with E-state index >= 15 is 0 Å². The first-order valence-corrected chi connectivity index (χ1v) is 7.99. The van der Waals surface area contributed by atoms with Crippen molar-refractivity contribution in [2.45, 2.75) is 26.3 Å². The number of fused-ring (bicyclic) bond motifs is 1. The van der Waals surface area contributed by atoms with Crippen LogP contribution in [0.3, 0.4) is 0 Å². The highest BCUT2D eigenvalue weighted by atomic mass is 35.5. The lowest BCUT2D eigenvalue weighted by Gasteiger charge is -2.08. The zero-order chi connectivity index (χ0) is 19.7. The molecule has 1 amide bonds. The highest BCUT2D eigenvalue weighted by Crippen LogP contribution is 2.32. The van der Waals surface area contributed by atoms with Gasteiger partial charge in [-0.2, -0.15) is 5.10 Å². The van der Waals surface area contributed by atoms with E-state index < -0.39 is 36.6 Å². The molecule has 142 valence electrons. The van der Waals surface area contributed by atoms with Crippen molar-refractivity contribution in [1.82, 2.24) is 19.7 Å². The molecule has 3 heterocycles. The third kappa shape index (κ3) is 4.00. The van der Waals surface area contributed by atoms with E-state index in [2.05, 4.69) is 20.4 Å². The topological polar surface area (TPSA) is 72.7 Å². The number of halogens is 5. The third-order valence-electron chi connectivity index (χ3n) is 3.67. The van der Waals surface area contributed by atoms with Crippen LogP contribution in [0.4, 0.5) is 23.4 Å². The molecule has 0 aliphatic heterocycles. The summed E-state index contributed by atoms with van der Waals surface area (Å²) in [6.07, 6.45) is -4.70. The number of nitrogens with one attached hydrogen (secondary N) is 1. The van der Waals surface area contributed by atoms with Gasteiger partial charge in [-0.25, -0.2) is 32.2 Å². The van der Waals surface area contributed by atoms with E-state index in [1.807, 2.05) is 0 Å². The van der Waals surface area contributed by atoms with Gasteiger partial charge in [-0.1, -0.05) is 11.6 Å². The summed E-state index contributed by atoms with van der Waals surface area (Å²) in [5, 5.41) is 6.81. The zero-order valence-electron chi connectivity index (χ0n) is 13.8. The number of nitrogens with zero attached hydrogens (tertiary/aromatic N) is 4. The van der Waals surface area contributed by atoms with Crippen LogP contribution in [0.5, 0.6) is 0 Å². The van der Waals surface area contributed by atoms with E-state index in [4.69, 9.17) is 11.6 Å². The number of alkyl halides is 4. The van der Waals surface area contributed by atoms with Crippen molar-refractivity contribution in [3.05, 3.63) is 46.4 Å². The summed E-state index contributed by atoms with van der Waals surface area (Å²) in [5.74, 6) is -0.371. The molecule has 1 N–H and O–H groups in total. The van der Waals surface area contributed by atoms with Crippen LogP contribution in [0, 0.1) is 6.92 Å². The van der Waals surface area contributed by atoms with E-state index in [0.29, 0.717) is 11.1 Å². The Hall–Kier alpha value is -2.75. The Bertz CT molecular complexity index is 991. The van der Waals surface area contributed by atoms with Gasteiger partial charge >= 0.3 is 0 Å². The molecule has 3 aromatic heterocycles. The fourth-order valence-corrected chi connectivity index (χ4v) is 2.68. The molecule has 0 atom stereocenters. The predicted octanol–water partition coefficient (Wildman–Crippen LogP) is 4.30. The maximum Gasteiger partial charge on any atom is 0.280 e.